The van der Waals surface area contributed by atoms with Crippen LogP contribution in [0.5, 0.6) is 5.75 Å². The second-order valence-electron chi connectivity index (χ2n) is 8.38. The molecular formula is C25H42N2O2. The van der Waals surface area contributed by atoms with Gasteiger partial charge in [-0.05, 0) is 30.7 Å². The van der Waals surface area contributed by atoms with Crippen molar-refractivity contribution in [1.82, 2.24) is 5.43 Å². The molecule has 2 rings (SSSR count). The molecule has 1 amide bonds. The molecular weight excluding hydrogens is 360 g/mol. The minimum absolute atomic E-state index is 0.0862. The number of rotatable bonds is 17. The standard InChI is InChI=1S/C25H42N2O2/c1-2-3-4-5-6-7-8-9-10-11-12-13-14-15-22-29-24-18-16-23(17-19-24)27-21-20-25(28)26-27/h16-19H,2-15,20-22H2,1H3,(H,26,28). The monoisotopic (exact) mass is 402 g/mol. The van der Waals surface area contributed by atoms with Gasteiger partial charge >= 0.3 is 0 Å². The number of carbonyl (C=O) groups excluding carboxylic acids is 1. The molecule has 1 N–H and O–H groups in total. The Morgan fingerprint density at radius 3 is 1.79 bits per heavy atom. The van der Waals surface area contributed by atoms with Crippen LogP contribution in [-0.2, 0) is 4.79 Å². The molecule has 4 nitrogen and oxygen atoms in total. The Morgan fingerprint density at radius 2 is 1.31 bits per heavy atom. The molecule has 1 saturated heterocycles. The van der Waals surface area contributed by atoms with Gasteiger partial charge in [-0.1, -0.05) is 90.4 Å². The molecule has 1 aromatic rings. The fourth-order valence-corrected chi connectivity index (χ4v) is 3.88. The summed E-state index contributed by atoms with van der Waals surface area (Å²) >= 11 is 0. The lowest BCUT2D eigenvalue weighted by Gasteiger charge is -2.17. The molecule has 1 aliphatic heterocycles. The third kappa shape index (κ3) is 10.6. The van der Waals surface area contributed by atoms with Gasteiger partial charge in [0.2, 0.25) is 5.91 Å². The van der Waals surface area contributed by atoms with E-state index in [2.05, 4.69) is 12.3 Å². The Balaban J connectivity index is 1.37. The summed E-state index contributed by atoms with van der Waals surface area (Å²) in [4.78, 5) is 11.3. The second-order valence-corrected chi connectivity index (χ2v) is 8.38. The van der Waals surface area contributed by atoms with E-state index < -0.39 is 0 Å². The Morgan fingerprint density at radius 1 is 0.793 bits per heavy atom. The average molecular weight is 403 g/mol. The van der Waals surface area contributed by atoms with Crippen molar-refractivity contribution in [2.75, 3.05) is 18.2 Å². The Bertz CT molecular complexity index is 544. The van der Waals surface area contributed by atoms with Crippen LogP contribution in [0.3, 0.4) is 0 Å². The van der Waals surface area contributed by atoms with Crippen molar-refractivity contribution in [1.29, 1.82) is 0 Å². The summed E-state index contributed by atoms with van der Waals surface area (Å²) in [6.07, 6.45) is 19.8. The van der Waals surface area contributed by atoms with Crippen molar-refractivity contribution < 1.29 is 9.53 Å². The molecule has 1 aromatic carbocycles. The number of ether oxygens (including phenoxy) is 1. The molecule has 29 heavy (non-hydrogen) atoms. The number of anilines is 1. The highest BCUT2D eigenvalue weighted by Crippen LogP contribution is 2.20. The molecule has 4 heteroatoms. The van der Waals surface area contributed by atoms with Gasteiger partial charge in [0.1, 0.15) is 5.75 Å². The first-order chi connectivity index (χ1) is 14.3. The highest BCUT2D eigenvalue weighted by atomic mass is 16.5. The van der Waals surface area contributed by atoms with E-state index in [0.717, 1.165) is 31.0 Å². The fraction of sp³-hybridized carbons (Fsp3) is 0.720. The highest BCUT2D eigenvalue weighted by Gasteiger charge is 2.18. The van der Waals surface area contributed by atoms with E-state index in [1.54, 1.807) is 0 Å². The van der Waals surface area contributed by atoms with Crippen LogP contribution >= 0.6 is 0 Å². The lowest BCUT2D eigenvalue weighted by Crippen LogP contribution is -2.32. The van der Waals surface area contributed by atoms with Crippen molar-refractivity contribution in [3.63, 3.8) is 0 Å². The van der Waals surface area contributed by atoms with Crippen LogP contribution < -0.4 is 15.2 Å². The van der Waals surface area contributed by atoms with Gasteiger partial charge in [0.15, 0.2) is 0 Å². The summed E-state index contributed by atoms with van der Waals surface area (Å²) in [5, 5.41) is 1.89. The fourth-order valence-electron chi connectivity index (χ4n) is 3.88. The number of carbonyl (C=O) groups is 1. The number of amides is 1. The van der Waals surface area contributed by atoms with Crippen LogP contribution in [0.2, 0.25) is 0 Å². The molecule has 0 atom stereocenters. The number of hydrazine groups is 1. The molecule has 1 aliphatic rings. The minimum Gasteiger partial charge on any atom is -0.494 e. The molecule has 0 unspecified atom stereocenters. The number of nitrogens with one attached hydrogen (secondary N) is 1. The summed E-state index contributed by atoms with van der Waals surface area (Å²) in [6.45, 7) is 3.81. The molecule has 0 aromatic heterocycles. The molecule has 0 saturated carbocycles. The van der Waals surface area contributed by atoms with Gasteiger partial charge in [-0.15, -0.1) is 0 Å². The minimum atomic E-state index is 0.0862. The summed E-state index contributed by atoms with van der Waals surface area (Å²) in [6, 6.07) is 7.99. The third-order valence-electron chi connectivity index (χ3n) is 5.74. The number of unbranched alkanes of at least 4 members (excludes halogenated alkanes) is 13. The molecule has 0 radical (unpaired) electrons. The average Bonchev–Trinajstić information content (AvgIpc) is 3.17. The summed E-state index contributed by atoms with van der Waals surface area (Å²) in [5.41, 5.74) is 3.86. The Kier molecular flexibility index (Phi) is 12.3. The smallest absolute Gasteiger partial charge is 0.240 e. The van der Waals surface area contributed by atoms with Crippen LogP contribution in [-0.4, -0.2) is 19.1 Å². The normalized spacial score (nSPS) is 13.7. The largest absolute Gasteiger partial charge is 0.494 e. The Labute approximate surface area is 178 Å². The zero-order chi connectivity index (χ0) is 20.6. The first-order valence-corrected chi connectivity index (χ1v) is 12.1. The van der Waals surface area contributed by atoms with Gasteiger partial charge in [0, 0.05) is 13.0 Å². The maximum absolute atomic E-state index is 11.3. The first kappa shape index (κ1) is 23.6. The van der Waals surface area contributed by atoms with E-state index in [9.17, 15) is 4.79 Å². The van der Waals surface area contributed by atoms with E-state index >= 15 is 0 Å². The van der Waals surface area contributed by atoms with Crippen molar-refractivity contribution in [3.05, 3.63) is 24.3 Å². The van der Waals surface area contributed by atoms with Crippen molar-refractivity contribution >= 4 is 11.6 Å². The van der Waals surface area contributed by atoms with Crippen LogP contribution in [0.4, 0.5) is 5.69 Å². The van der Waals surface area contributed by atoms with Crippen LogP contribution in [0.25, 0.3) is 0 Å². The van der Waals surface area contributed by atoms with Gasteiger partial charge < -0.3 is 4.74 Å². The maximum Gasteiger partial charge on any atom is 0.240 e. The predicted octanol–water partition coefficient (Wildman–Crippen LogP) is 6.79. The van der Waals surface area contributed by atoms with E-state index in [1.807, 2.05) is 29.3 Å². The van der Waals surface area contributed by atoms with Crippen molar-refractivity contribution in [2.45, 2.75) is 103 Å². The third-order valence-corrected chi connectivity index (χ3v) is 5.74. The molecule has 0 bridgehead atoms. The summed E-state index contributed by atoms with van der Waals surface area (Å²) in [5.74, 6) is 0.997. The van der Waals surface area contributed by atoms with Crippen LogP contribution in [0.15, 0.2) is 24.3 Å². The number of benzene rings is 1. The van der Waals surface area contributed by atoms with Gasteiger partial charge in [0.05, 0.1) is 12.3 Å². The number of hydrogen-bond donors (Lipinski definition) is 1. The van der Waals surface area contributed by atoms with E-state index in [4.69, 9.17) is 4.74 Å². The van der Waals surface area contributed by atoms with E-state index in [-0.39, 0.29) is 5.91 Å². The van der Waals surface area contributed by atoms with Crippen LogP contribution in [0.1, 0.15) is 103 Å². The highest BCUT2D eigenvalue weighted by molar-refractivity contribution is 5.81. The molecule has 164 valence electrons. The lowest BCUT2D eigenvalue weighted by molar-refractivity contribution is -0.119. The molecule has 1 heterocycles. The zero-order valence-corrected chi connectivity index (χ0v) is 18.6. The van der Waals surface area contributed by atoms with Gasteiger partial charge in [0.25, 0.3) is 0 Å². The van der Waals surface area contributed by atoms with Crippen molar-refractivity contribution in [2.24, 2.45) is 0 Å². The molecule has 1 fully saturated rings. The van der Waals surface area contributed by atoms with E-state index in [1.165, 1.54) is 83.5 Å². The van der Waals surface area contributed by atoms with Gasteiger partial charge in [-0.3, -0.25) is 15.2 Å². The second kappa shape index (κ2) is 15.2. The van der Waals surface area contributed by atoms with Crippen molar-refractivity contribution in [3.8, 4) is 5.75 Å². The molecule has 0 aliphatic carbocycles. The molecule has 0 spiro atoms. The number of nitrogens with zero attached hydrogens (tertiary/aromatic N) is 1. The topological polar surface area (TPSA) is 41.6 Å². The summed E-state index contributed by atoms with van der Waals surface area (Å²) < 4.78 is 5.85. The van der Waals surface area contributed by atoms with E-state index in [0.29, 0.717) is 6.42 Å². The SMILES string of the molecule is CCCCCCCCCCCCCCCCOc1ccc(N2CCC(=O)N2)cc1. The van der Waals surface area contributed by atoms with Gasteiger partial charge in [-0.2, -0.15) is 0 Å². The first-order valence-electron chi connectivity index (χ1n) is 12.1. The van der Waals surface area contributed by atoms with Gasteiger partial charge in [-0.25, -0.2) is 0 Å². The lowest BCUT2D eigenvalue weighted by atomic mass is 10.0. The quantitative estimate of drug-likeness (QED) is 0.292. The Hall–Kier alpha value is -1.71. The zero-order valence-electron chi connectivity index (χ0n) is 18.6. The predicted molar refractivity (Wildman–Crippen MR) is 122 cm³/mol. The summed E-state index contributed by atoms with van der Waals surface area (Å²) in [7, 11) is 0. The maximum atomic E-state index is 11.3. The van der Waals surface area contributed by atoms with Crippen LogP contribution in [0, 0.1) is 0 Å². The number of hydrogen-bond acceptors (Lipinski definition) is 3.